The Balaban J connectivity index is 2.16. The van der Waals surface area contributed by atoms with Gasteiger partial charge in [0.2, 0.25) is 0 Å². The fourth-order valence-electron chi connectivity index (χ4n) is 2.26. The maximum absolute atomic E-state index is 11.6. The lowest BCUT2D eigenvalue weighted by molar-refractivity contribution is -0.136. The monoisotopic (exact) mass is 300 g/mol. The zero-order valence-electron chi connectivity index (χ0n) is 12.4. The predicted molar refractivity (Wildman–Crippen MR) is 88.0 cm³/mol. The predicted octanol–water partition coefficient (Wildman–Crippen LogP) is 4.35. The minimum absolute atomic E-state index is 0.458. The zero-order valence-corrected chi connectivity index (χ0v) is 13.2. The van der Waals surface area contributed by atoms with Gasteiger partial charge in [-0.15, -0.1) is 11.8 Å². The van der Waals surface area contributed by atoms with E-state index in [2.05, 4.69) is 13.0 Å². The average molecular weight is 300 g/mol. The van der Waals surface area contributed by atoms with E-state index in [1.807, 2.05) is 49.4 Å². The van der Waals surface area contributed by atoms with Gasteiger partial charge in [0.25, 0.3) is 0 Å². The zero-order chi connectivity index (χ0) is 15.2. The van der Waals surface area contributed by atoms with Crippen molar-refractivity contribution in [2.45, 2.75) is 36.8 Å². The SMILES string of the molecule is CCc1ccccc1C[C@@H](Sc1ccc(C)cc1)C(=O)O. The van der Waals surface area contributed by atoms with Crippen molar-refractivity contribution in [3.8, 4) is 0 Å². The van der Waals surface area contributed by atoms with Crippen molar-refractivity contribution in [1.29, 1.82) is 0 Å². The van der Waals surface area contributed by atoms with Gasteiger partial charge >= 0.3 is 5.97 Å². The molecule has 0 aliphatic heterocycles. The molecule has 0 saturated heterocycles. The van der Waals surface area contributed by atoms with Crippen molar-refractivity contribution >= 4 is 17.7 Å². The van der Waals surface area contributed by atoms with Crippen LogP contribution in [0.3, 0.4) is 0 Å². The van der Waals surface area contributed by atoms with Crippen molar-refractivity contribution in [2.75, 3.05) is 0 Å². The number of hydrogen-bond acceptors (Lipinski definition) is 2. The van der Waals surface area contributed by atoms with Gasteiger partial charge in [-0.25, -0.2) is 0 Å². The highest BCUT2D eigenvalue weighted by Crippen LogP contribution is 2.27. The molecule has 0 spiro atoms. The van der Waals surface area contributed by atoms with Crippen molar-refractivity contribution in [2.24, 2.45) is 0 Å². The fourth-order valence-corrected chi connectivity index (χ4v) is 3.25. The van der Waals surface area contributed by atoms with Crippen LogP contribution in [-0.4, -0.2) is 16.3 Å². The molecule has 2 rings (SSSR count). The summed E-state index contributed by atoms with van der Waals surface area (Å²) in [6, 6.07) is 16.1. The van der Waals surface area contributed by atoms with Gasteiger partial charge in [-0.1, -0.05) is 48.9 Å². The highest BCUT2D eigenvalue weighted by molar-refractivity contribution is 8.00. The van der Waals surface area contributed by atoms with E-state index in [9.17, 15) is 9.90 Å². The third-order valence-corrected chi connectivity index (χ3v) is 4.68. The Labute approximate surface area is 130 Å². The first-order valence-electron chi connectivity index (χ1n) is 7.13. The van der Waals surface area contributed by atoms with Crippen LogP contribution in [0.15, 0.2) is 53.4 Å². The van der Waals surface area contributed by atoms with Crippen LogP contribution >= 0.6 is 11.8 Å². The van der Waals surface area contributed by atoms with Crippen LogP contribution in [0.1, 0.15) is 23.6 Å². The number of aryl methyl sites for hydroxylation is 2. The number of thioether (sulfide) groups is 1. The Kier molecular flexibility index (Phi) is 5.45. The number of carbonyl (C=O) groups is 1. The quantitative estimate of drug-likeness (QED) is 0.806. The second-order valence-electron chi connectivity index (χ2n) is 5.08. The molecule has 0 saturated carbocycles. The number of aliphatic carboxylic acids is 1. The second-order valence-corrected chi connectivity index (χ2v) is 6.36. The van der Waals surface area contributed by atoms with Crippen LogP contribution in [0.4, 0.5) is 0 Å². The lowest BCUT2D eigenvalue weighted by Gasteiger charge is -2.14. The molecular weight excluding hydrogens is 280 g/mol. The molecule has 0 heterocycles. The Morgan fingerprint density at radius 2 is 1.71 bits per heavy atom. The third-order valence-electron chi connectivity index (χ3n) is 3.48. The standard InChI is InChI=1S/C18H20O2S/c1-3-14-6-4-5-7-15(14)12-17(18(19)20)21-16-10-8-13(2)9-11-16/h4-11,17H,3,12H2,1-2H3,(H,19,20)/t17-/m1/s1. The van der Waals surface area contributed by atoms with E-state index in [0.717, 1.165) is 16.9 Å². The van der Waals surface area contributed by atoms with Crippen LogP contribution in [0, 0.1) is 6.92 Å². The number of rotatable bonds is 6. The summed E-state index contributed by atoms with van der Waals surface area (Å²) < 4.78 is 0. The molecule has 0 amide bonds. The fraction of sp³-hybridized carbons (Fsp3) is 0.278. The van der Waals surface area contributed by atoms with Gasteiger partial charge in [-0.2, -0.15) is 0 Å². The van der Waals surface area contributed by atoms with E-state index < -0.39 is 11.2 Å². The molecule has 2 nitrogen and oxygen atoms in total. The molecule has 0 aliphatic carbocycles. The van der Waals surface area contributed by atoms with Gasteiger partial charge in [0.1, 0.15) is 5.25 Å². The normalized spacial score (nSPS) is 12.1. The molecule has 0 unspecified atom stereocenters. The molecule has 3 heteroatoms. The smallest absolute Gasteiger partial charge is 0.317 e. The number of hydrogen-bond donors (Lipinski definition) is 1. The van der Waals surface area contributed by atoms with Crippen molar-refractivity contribution in [3.05, 3.63) is 65.2 Å². The minimum atomic E-state index is -0.758. The van der Waals surface area contributed by atoms with Crippen LogP contribution in [0.5, 0.6) is 0 Å². The molecule has 21 heavy (non-hydrogen) atoms. The number of carboxylic acid groups (broad SMARTS) is 1. The summed E-state index contributed by atoms with van der Waals surface area (Å²) in [5.74, 6) is -0.758. The molecule has 0 radical (unpaired) electrons. The summed E-state index contributed by atoms with van der Waals surface area (Å²) >= 11 is 1.42. The van der Waals surface area contributed by atoms with Gasteiger partial charge in [0.15, 0.2) is 0 Å². The molecule has 110 valence electrons. The summed E-state index contributed by atoms with van der Waals surface area (Å²) in [4.78, 5) is 12.6. The van der Waals surface area contributed by atoms with Crippen molar-refractivity contribution in [3.63, 3.8) is 0 Å². The molecule has 0 bridgehead atoms. The summed E-state index contributed by atoms with van der Waals surface area (Å²) in [6.07, 6.45) is 1.48. The minimum Gasteiger partial charge on any atom is -0.480 e. The van der Waals surface area contributed by atoms with Crippen LogP contribution < -0.4 is 0 Å². The van der Waals surface area contributed by atoms with Crippen LogP contribution in [-0.2, 0) is 17.6 Å². The summed E-state index contributed by atoms with van der Waals surface area (Å²) in [5, 5.41) is 9.04. The highest BCUT2D eigenvalue weighted by atomic mass is 32.2. The molecule has 1 N–H and O–H groups in total. The van der Waals surface area contributed by atoms with E-state index in [1.165, 1.54) is 22.9 Å². The Morgan fingerprint density at radius 3 is 2.29 bits per heavy atom. The molecule has 2 aromatic carbocycles. The highest BCUT2D eigenvalue weighted by Gasteiger charge is 2.20. The molecule has 2 aromatic rings. The summed E-state index contributed by atoms with van der Waals surface area (Å²) in [7, 11) is 0. The van der Waals surface area contributed by atoms with Gasteiger partial charge in [-0.3, -0.25) is 4.79 Å². The lowest BCUT2D eigenvalue weighted by Crippen LogP contribution is -2.19. The molecular formula is C18H20O2S. The summed E-state index contributed by atoms with van der Waals surface area (Å²) in [6.45, 7) is 4.13. The summed E-state index contributed by atoms with van der Waals surface area (Å²) in [5.41, 5.74) is 3.54. The van der Waals surface area contributed by atoms with Crippen molar-refractivity contribution in [1.82, 2.24) is 0 Å². The molecule has 0 fully saturated rings. The third kappa shape index (κ3) is 4.36. The molecule has 0 aliphatic rings. The van der Waals surface area contributed by atoms with E-state index in [4.69, 9.17) is 0 Å². The maximum Gasteiger partial charge on any atom is 0.317 e. The van der Waals surface area contributed by atoms with Gasteiger partial charge < -0.3 is 5.11 Å². The topological polar surface area (TPSA) is 37.3 Å². The largest absolute Gasteiger partial charge is 0.480 e. The Bertz CT molecular complexity index is 605. The second kappa shape index (κ2) is 7.32. The Morgan fingerprint density at radius 1 is 1.10 bits per heavy atom. The van der Waals surface area contributed by atoms with E-state index in [0.29, 0.717) is 6.42 Å². The van der Waals surface area contributed by atoms with Crippen molar-refractivity contribution < 1.29 is 9.90 Å². The van der Waals surface area contributed by atoms with Crippen LogP contribution in [0.25, 0.3) is 0 Å². The Hall–Kier alpha value is -1.74. The first-order valence-corrected chi connectivity index (χ1v) is 8.01. The van der Waals surface area contributed by atoms with Gasteiger partial charge in [0, 0.05) is 4.90 Å². The number of benzene rings is 2. The molecule has 0 aromatic heterocycles. The van der Waals surface area contributed by atoms with Crippen LogP contribution in [0.2, 0.25) is 0 Å². The van der Waals surface area contributed by atoms with E-state index in [1.54, 1.807) is 0 Å². The first kappa shape index (κ1) is 15.6. The van der Waals surface area contributed by atoms with E-state index >= 15 is 0 Å². The average Bonchev–Trinajstić information content (AvgIpc) is 2.49. The van der Waals surface area contributed by atoms with E-state index in [-0.39, 0.29) is 0 Å². The van der Waals surface area contributed by atoms with Gasteiger partial charge in [0.05, 0.1) is 0 Å². The molecule has 1 atom stereocenters. The first-order chi connectivity index (χ1) is 10.1. The van der Waals surface area contributed by atoms with Gasteiger partial charge in [-0.05, 0) is 43.0 Å². The number of carboxylic acids is 1. The maximum atomic E-state index is 11.6. The lowest BCUT2D eigenvalue weighted by atomic mass is 10.0.